The molecule has 1 N–H and O–H groups in total. The minimum absolute atomic E-state index is 0.151. The van der Waals surface area contributed by atoms with Gasteiger partial charge in [0.2, 0.25) is 15.9 Å². The molecular formula is C21H24N4O3S. The Bertz CT molecular complexity index is 981. The van der Waals surface area contributed by atoms with E-state index in [2.05, 4.69) is 11.4 Å². The van der Waals surface area contributed by atoms with Crippen LogP contribution in [-0.2, 0) is 21.4 Å². The van der Waals surface area contributed by atoms with Gasteiger partial charge >= 0.3 is 0 Å². The Morgan fingerprint density at radius 3 is 2.38 bits per heavy atom. The normalized spacial score (nSPS) is 14.0. The second kappa shape index (κ2) is 9.18. The zero-order valence-electron chi connectivity index (χ0n) is 16.3. The molecule has 3 rings (SSSR count). The molecule has 1 aliphatic carbocycles. The molecule has 0 spiro atoms. The Kier molecular flexibility index (Phi) is 6.64. The summed E-state index contributed by atoms with van der Waals surface area (Å²) >= 11 is 0. The van der Waals surface area contributed by atoms with Crippen molar-refractivity contribution >= 4 is 21.6 Å². The number of hydrogen-bond acceptors (Lipinski definition) is 5. The molecule has 7 nitrogen and oxygen atoms in total. The highest BCUT2D eigenvalue weighted by Crippen LogP contribution is 2.26. The lowest BCUT2D eigenvalue weighted by Crippen LogP contribution is -2.35. The molecule has 1 fully saturated rings. The number of hydrogen-bond donors (Lipinski definition) is 1. The summed E-state index contributed by atoms with van der Waals surface area (Å²) in [6.45, 7) is 0.651. The van der Waals surface area contributed by atoms with E-state index in [0.717, 1.165) is 18.4 Å². The predicted octanol–water partition coefficient (Wildman–Crippen LogP) is 2.43. The van der Waals surface area contributed by atoms with E-state index >= 15 is 0 Å². The molecule has 2 aromatic rings. The topological polar surface area (TPSA) is 93.5 Å². The Morgan fingerprint density at radius 2 is 1.79 bits per heavy atom. The van der Waals surface area contributed by atoms with Gasteiger partial charge in [0.05, 0.1) is 24.1 Å². The van der Waals surface area contributed by atoms with Gasteiger partial charge in [-0.2, -0.15) is 9.57 Å². The first kappa shape index (κ1) is 21.0. The van der Waals surface area contributed by atoms with Crippen molar-refractivity contribution in [3.63, 3.8) is 0 Å². The molecule has 0 aromatic heterocycles. The lowest BCUT2D eigenvalue weighted by Gasteiger charge is -2.18. The fourth-order valence-electron chi connectivity index (χ4n) is 3.05. The van der Waals surface area contributed by atoms with Gasteiger partial charge in [0, 0.05) is 25.3 Å². The van der Waals surface area contributed by atoms with Crippen LogP contribution in [0.3, 0.4) is 0 Å². The summed E-state index contributed by atoms with van der Waals surface area (Å²) in [6, 6.07) is 17.9. The standard InChI is InChI=1S/C21H24N4O3S/c1-24(15-17-5-3-2-4-6-17)29(27,28)20-11-7-18(8-12-20)23-21(26)16-25(14-13-22)19-9-10-19/h2-8,11-12,19H,9-10,14-16H2,1H3,(H,23,26). The monoisotopic (exact) mass is 412 g/mol. The van der Waals surface area contributed by atoms with Crippen molar-refractivity contribution in [2.75, 3.05) is 25.5 Å². The van der Waals surface area contributed by atoms with Crippen LogP contribution in [0.2, 0.25) is 0 Å². The zero-order chi connectivity index (χ0) is 20.9. The minimum atomic E-state index is -3.64. The van der Waals surface area contributed by atoms with Gasteiger partial charge in [0.15, 0.2) is 0 Å². The molecule has 152 valence electrons. The first-order valence-corrected chi connectivity index (χ1v) is 10.9. The number of sulfonamides is 1. The Balaban J connectivity index is 1.61. The van der Waals surface area contributed by atoms with Crippen LogP contribution in [0, 0.1) is 11.3 Å². The fourth-order valence-corrected chi connectivity index (χ4v) is 4.20. The van der Waals surface area contributed by atoms with Crippen molar-refractivity contribution in [3.8, 4) is 6.07 Å². The number of rotatable bonds is 9. The lowest BCUT2D eigenvalue weighted by molar-refractivity contribution is -0.117. The molecule has 0 radical (unpaired) electrons. The summed E-state index contributed by atoms with van der Waals surface area (Å²) in [7, 11) is -2.09. The van der Waals surface area contributed by atoms with E-state index in [1.807, 2.05) is 35.2 Å². The van der Waals surface area contributed by atoms with E-state index in [0.29, 0.717) is 11.7 Å². The number of carbonyl (C=O) groups is 1. The highest BCUT2D eigenvalue weighted by atomic mass is 32.2. The average Bonchev–Trinajstić information content (AvgIpc) is 3.54. The molecule has 1 aliphatic rings. The summed E-state index contributed by atoms with van der Waals surface area (Å²) in [5.41, 5.74) is 1.42. The first-order chi connectivity index (χ1) is 13.9. The molecule has 8 heteroatoms. The van der Waals surface area contributed by atoms with Crippen LogP contribution in [0.25, 0.3) is 0 Å². The molecular weight excluding hydrogens is 388 g/mol. The largest absolute Gasteiger partial charge is 0.325 e. The van der Waals surface area contributed by atoms with Crippen LogP contribution in [0.1, 0.15) is 18.4 Å². The van der Waals surface area contributed by atoms with E-state index in [9.17, 15) is 13.2 Å². The number of carbonyl (C=O) groups excluding carboxylic acids is 1. The van der Waals surface area contributed by atoms with E-state index in [1.165, 1.54) is 16.4 Å². The molecule has 0 unspecified atom stereocenters. The van der Waals surface area contributed by atoms with Crippen molar-refractivity contribution in [1.82, 2.24) is 9.21 Å². The number of nitrogens with zero attached hydrogens (tertiary/aromatic N) is 3. The van der Waals surface area contributed by atoms with Crippen LogP contribution >= 0.6 is 0 Å². The van der Waals surface area contributed by atoms with Crippen LogP contribution in [-0.4, -0.2) is 49.7 Å². The smallest absolute Gasteiger partial charge is 0.243 e. The van der Waals surface area contributed by atoms with Gasteiger partial charge in [0.25, 0.3) is 0 Å². The van der Waals surface area contributed by atoms with Crippen LogP contribution in [0.5, 0.6) is 0 Å². The summed E-state index contributed by atoms with van der Waals surface area (Å²) in [5.74, 6) is -0.219. The Labute approximate surface area is 171 Å². The molecule has 0 heterocycles. The highest BCUT2D eigenvalue weighted by Gasteiger charge is 2.30. The quantitative estimate of drug-likeness (QED) is 0.639. The Hall–Kier alpha value is -2.73. The second-order valence-corrected chi connectivity index (χ2v) is 9.16. The molecule has 0 bridgehead atoms. The van der Waals surface area contributed by atoms with Crippen LogP contribution in [0.4, 0.5) is 5.69 Å². The van der Waals surface area contributed by atoms with Crippen LogP contribution in [0.15, 0.2) is 59.5 Å². The molecule has 2 aromatic carbocycles. The first-order valence-electron chi connectivity index (χ1n) is 9.41. The van der Waals surface area contributed by atoms with Gasteiger partial charge in [-0.05, 0) is 42.7 Å². The number of benzene rings is 2. The van der Waals surface area contributed by atoms with Gasteiger partial charge in [-0.3, -0.25) is 9.69 Å². The van der Waals surface area contributed by atoms with E-state index in [1.54, 1.807) is 19.2 Å². The summed E-state index contributed by atoms with van der Waals surface area (Å²) in [5, 5.41) is 11.6. The van der Waals surface area contributed by atoms with Crippen molar-refractivity contribution in [1.29, 1.82) is 5.26 Å². The number of nitriles is 1. The second-order valence-electron chi connectivity index (χ2n) is 7.11. The van der Waals surface area contributed by atoms with Crippen molar-refractivity contribution < 1.29 is 13.2 Å². The Morgan fingerprint density at radius 1 is 1.14 bits per heavy atom. The maximum Gasteiger partial charge on any atom is 0.243 e. The SMILES string of the molecule is CN(Cc1ccccc1)S(=O)(=O)c1ccc(NC(=O)CN(CC#N)C2CC2)cc1. The fraction of sp³-hybridized carbons (Fsp3) is 0.333. The minimum Gasteiger partial charge on any atom is -0.325 e. The molecule has 0 atom stereocenters. The third-order valence-corrected chi connectivity index (χ3v) is 6.60. The molecule has 0 saturated heterocycles. The van der Waals surface area contributed by atoms with E-state index in [-0.39, 0.29) is 30.4 Å². The van der Waals surface area contributed by atoms with Gasteiger partial charge in [-0.25, -0.2) is 8.42 Å². The van der Waals surface area contributed by atoms with Gasteiger partial charge in [-0.1, -0.05) is 30.3 Å². The lowest BCUT2D eigenvalue weighted by atomic mass is 10.2. The third-order valence-electron chi connectivity index (χ3n) is 4.78. The van der Waals surface area contributed by atoms with Gasteiger partial charge in [-0.15, -0.1) is 0 Å². The molecule has 29 heavy (non-hydrogen) atoms. The van der Waals surface area contributed by atoms with Crippen molar-refractivity contribution in [2.24, 2.45) is 0 Å². The number of amides is 1. The van der Waals surface area contributed by atoms with Crippen molar-refractivity contribution in [3.05, 3.63) is 60.2 Å². The summed E-state index contributed by atoms with van der Waals surface area (Å²) in [4.78, 5) is 14.3. The maximum absolute atomic E-state index is 12.8. The summed E-state index contributed by atoms with van der Waals surface area (Å²) < 4.78 is 26.8. The third kappa shape index (κ3) is 5.64. The van der Waals surface area contributed by atoms with E-state index in [4.69, 9.17) is 5.26 Å². The van der Waals surface area contributed by atoms with Crippen LogP contribution < -0.4 is 5.32 Å². The van der Waals surface area contributed by atoms with E-state index < -0.39 is 10.0 Å². The molecule has 1 saturated carbocycles. The highest BCUT2D eigenvalue weighted by molar-refractivity contribution is 7.89. The maximum atomic E-state index is 12.8. The predicted molar refractivity (Wildman–Crippen MR) is 110 cm³/mol. The van der Waals surface area contributed by atoms with Crippen molar-refractivity contribution in [2.45, 2.75) is 30.3 Å². The average molecular weight is 413 g/mol. The molecule has 0 aliphatic heterocycles. The van der Waals surface area contributed by atoms with Gasteiger partial charge < -0.3 is 5.32 Å². The van der Waals surface area contributed by atoms with Gasteiger partial charge in [0.1, 0.15) is 0 Å². The zero-order valence-corrected chi connectivity index (χ0v) is 17.1. The summed E-state index contributed by atoms with van der Waals surface area (Å²) in [6.07, 6.45) is 2.02. The molecule has 1 amide bonds. The number of anilines is 1. The number of nitrogens with one attached hydrogen (secondary N) is 1.